The number of rotatable bonds is 9. The van der Waals surface area contributed by atoms with Crippen LogP contribution >= 0.6 is 0 Å². The summed E-state index contributed by atoms with van der Waals surface area (Å²) >= 11 is 0. The van der Waals surface area contributed by atoms with Crippen molar-refractivity contribution in [1.29, 1.82) is 0 Å². The zero-order valence-electron chi connectivity index (χ0n) is 17.5. The first kappa shape index (κ1) is 22.5. The minimum Gasteiger partial charge on any atom is -0.467 e. The van der Waals surface area contributed by atoms with Gasteiger partial charge in [-0.1, -0.05) is 36.4 Å². The van der Waals surface area contributed by atoms with Gasteiger partial charge in [-0.2, -0.15) is 0 Å². The summed E-state index contributed by atoms with van der Waals surface area (Å²) in [5, 5.41) is 6.10. The second kappa shape index (κ2) is 10.3. The number of para-hydroxylation sites is 1. The number of carbonyl (C=O) groups excluding carboxylic acids is 4. The number of H-pyrrole nitrogens is 1. The molecule has 1 aromatic heterocycles. The zero-order chi connectivity index (χ0) is 23.1. The average Bonchev–Trinajstić information content (AvgIpc) is 3.20. The Morgan fingerprint density at radius 1 is 0.969 bits per heavy atom. The van der Waals surface area contributed by atoms with E-state index in [1.54, 1.807) is 36.5 Å². The highest BCUT2D eigenvalue weighted by molar-refractivity contribution is 5.99. The minimum atomic E-state index is -1.26. The van der Waals surface area contributed by atoms with Crippen molar-refractivity contribution < 1.29 is 23.9 Å². The molecule has 0 unspecified atom stereocenters. The van der Waals surface area contributed by atoms with Gasteiger partial charge in [0.1, 0.15) is 12.1 Å². The van der Waals surface area contributed by atoms with Crippen LogP contribution in [0.25, 0.3) is 10.9 Å². The summed E-state index contributed by atoms with van der Waals surface area (Å²) in [5.41, 5.74) is 7.27. The summed E-state index contributed by atoms with van der Waals surface area (Å²) in [5.74, 6) is -2.68. The van der Waals surface area contributed by atoms with Gasteiger partial charge >= 0.3 is 5.97 Å². The lowest BCUT2D eigenvalue weighted by Gasteiger charge is -2.22. The van der Waals surface area contributed by atoms with E-state index < -0.39 is 42.2 Å². The quantitative estimate of drug-likeness (QED) is 0.371. The van der Waals surface area contributed by atoms with Crippen molar-refractivity contribution in [2.75, 3.05) is 7.11 Å². The number of methoxy groups -OCH3 is 1. The van der Waals surface area contributed by atoms with Crippen molar-refractivity contribution in [2.24, 2.45) is 5.73 Å². The number of carbonyl (C=O) groups is 4. The first-order valence-corrected chi connectivity index (χ1v) is 9.96. The highest BCUT2D eigenvalue weighted by atomic mass is 16.5. The molecule has 5 N–H and O–H groups in total. The second-order valence-corrected chi connectivity index (χ2v) is 7.21. The van der Waals surface area contributed by atoms with Gasteiger partial charge < -0.3 is 26.1 Å². The third-order valence-electron chi connectivity index (χ3n) is 4.96. The molecule has 9 nitrogen and oxygen atoms in total. The molecule has 0 fully saturated rings. The van der Waals surface area contributed by atoms with Gasteiger partial charge in [-0.15, -0.1) is 0 Å². The molecule has 0 radical (unpaired) electrons. The van der Waals surface area contributed by atoms with Crippen LogP contribution in [0.2, 0.25) is 0 Å². The van der Waals surface area contributed by atoms with Crippen LogP contribution in [0.4, 0.5) is 0 Å². The van der Waals surface area contributed by atoms with Gasteiger partial charge in [-0.3, -0.25) is 14.4 Å². The van der Waals surface area contributed by atoms with Crippen molar-refractivity contribution in [3.63, 3.8) is 0 Å². The van der Waals surface area contributed by atoms with Crippen LogP contribution in [-0.2, 0) is 25.5 Å². The van der Waals surface area contributed by atoms with Gasteiger partial charge in [0.05, 0.1) is 13.5 Å². The Kier molecular flexibility index (Phi) is 7.22. The van der Waals surface area contributed by atoms with Crippen LogP contribution in [0.15, 0.2) is 60.8 Å². The lowest BCUT2D eigenvalue weighted by molar-refractivity contribution is -0.146. The van der Waals surface area contributed by atoms with Gasteiger partial charge in [0, 0.05) is 29.1 Å². The molecular weight excluding hydrogens is 412 g/mol. The molecule has 0 aliphatic heterocycles. The normalized spacial score (nSPS) is 12.5. The molecule has 0 aliphatic rings. The van der Waals surface area contributed by atoms with Crippen molar-refractivity contribution in [3.05, 3.63) is 71.9 Å². The fourth-order valence-corrected chi connectivity index (χ4v) is 3.37. The van der Waals surface area contributed by atoms with Gasteiger partial charge in [0.15, 0.2) is 0 Å². The van der Waals surface area contributed by atoms with Crippen molar-refractivity contribution >= 4 is 34.6 Å². The molecule has 0 spiro atoms. The molecule has 0 saturated heterocycles. The fourth-order valence-electron chi connectivity index (χ4n) is 3.37. The Labute approximate surface area is 184 Å². The molecular formula is C23H24N4O5. The number of aromatic amines is 1. The number of primary amides is 1. The molecule has 9 heteroatoms. The fraction of sp³-hybridized carbons (Fsp3) is 0.217. The predicted octanol–water partition coefficient (Wildman–Crippen LogP) is 1.04. The molecule has 166 valence electrons. The maximum atomic E-state index is 13.1. The number of ether oxygens (including phenoxy) is 1. The van der Waals surface area contributed by atoms with E-state index in [1.807, 2.05) is 24.3 Å². The van der Waals surface area contributed by atoms with Crippen molar-refractivity contribution in [2.45, 2.75) is 24.9 Å². The van der Waals surface area contributed by atoms with Gasteiger partial charge in [-0.25, -0.2) is 4.79 Å². The van der Waals surface area contributed by atoms with E-state index in [1.165, 1.54) is 0 Å². The summed E-state index contributed by atoms with van der Waals surface area (Å²) in [6.45, 7) is 0. The van der Waals surface area contributed by atoms with Crippen molar-refractivity contribution in [1.82, 2.24) is 15.6 Å². The maximum absolute atomic E-state index is 13.1. The monoisotopic (exact) mass is 436 g/mol. The zero-order valence-corrected chi connectivity index (χ0v) is 17.5. The number of benzene rings is 2. The maximum Gasteiger partial charge on any atom is 0.328 e. The van der Waals surface area contributed by atoms with E-state index in [4.69, 9.17) is 5.73 Å². The number of nitrogens with two attached hydrogens (primary N) is 1. The number of aromatic nitrogens is 1. The Bertz CT molecular complexity index is 1130. The van der Waals surface area contributed by atoms with Gasteiger partial charge in [-0.05, 0) is 23.8 Å². The van der Waals surface area contributed by atoms with Crippen LogP contribution in [0.1, 0.15) is 22.3 Å². The first-order chi connectivity index (χ1) is 15.4. The highest BCUT2D eigenvalue weighted by Crippen LogP contribution is 2.19. The van der Waals surface area contributed by atoms with Crippen LogP contribution in [-0.4, -0.2) is 47.9 Å². The lowest BCUT2D eigenvalue weighted by atomic mass is 10.0. The molecule has 0 bridgehead atoms. The molecule has 3 rings (SSSR count). The van der Waals surface area contributed by atoms with E-state index in [0.29, 0.717) is 5.56 Å². The molecule has 3 aromatic rings. The smallest absolute Gasteiger partial charge is 0.328 e. The number of fused-ring (bicyclic) bond motifs is 1. The number of nitrogens with one attached hydrogen (secondary N) is 3. The molecule has 3 amide bonds. The van der Waals surface area contributed by atoms with E-state index in [9.17, 15) is 19.2 Å². The van der Waals surface area contributed by atoms with E-state index in [0.717, 1.165) is 23.6 Å². The van der Waals surface area contributed by atoms with Crippen LogP contribution in [0.3, 0.4) is 0 Å². The number of esters is 1. The Morgan fingerprint density at radius 2 is 1.66 bits per heavy atom. The summed E-state index contributed by atoms with van der Waals surface area (Å²) < 4.78 is 4.65. The van der Waals surface area contributed by atoms with E-state index >= 15 is 0 Å². The van der Waals surface area contributed by atoms with Crippen LogP contribution in [0, 0.1) is 0 Å². The van der Waals surface area contributed by atoms with Crippen LogP contribution in [0.5, 0.6) is 0 Å². The third kappa shape index (κ3) is 5.51. The van der Waals surface area contributed by atoms with Crippen molar-refractivity contribution in [3.8, 4) is 0 Å². The van der Waals surface area contributed by atoms with Crippen LogP contribution < -0.4 is 16.4 Å². The molecule has 32 heavy (non-hydrogen) atoms. The molecule has 2 atom stereocenters. The van der Waals surface area contributed by atoms with Gasteiger partial charge in [0.25, 0.3) is 5.91 Å². The minimum absolute atomic E-state index is 0.152. The first-order valence-electron chi connectivity index (χ1n) is 9.96. The second-order valence-electron chi connectivity index (χ2n) is 7.21. The van der Waals surface area contributed by atoms with Gasteiger partial charge in [0.2, 0.25) is 11.8 Å². The number of hydrogen-bond acceptors (Lipinski definition) is 5. The standard InChI is InChI=1S/C23H24N4O5/c1-32-23(31)19(12-20(24)28)27-22(30)18(26-21(29)14-7-3-2-4-8-14)11-15-13-25-17-10-6-5-9-16(15)17/h2-10,13,18-19,25H,11-12H2,1H3,(H2,24,28)(H,26,29)(H,27,30)/t18-,19-/m0/s1. The Morgan fingerprint density at radius 3 is 2.34 bits per heavy atom. The summed E-state index contributed by atoms with van der Waals surface area (Å²) in [4.78, 5) is 52.3. The largest absolute Gasteiger partial charge is 0.467 e. The predicted molar refractivity (Wildman–Crippen MR) is 117 cm³/mol. The summed E-state index contributed by atoms with van der Waals surface area (Å²) in [7, 11) is 1.14. The average molecular weight is 436 g/mol. The molecule has 0 saturated carbocycles. The van der Waals surface area contributed by atoms with E-state index in [-0.39, 0.29) is 6.42 Å². The van der Waals surface area contributed by atoms with E-state index in [2.05, 4.69) is 20.4 Å². The summed E-state index contributed by atoms with van der Waals surface area (Å²) in [6, 6.07) is 13.7. The Hall–Kier alpha value is -4.14. The SMILES string of the molecule is COC(=O)[C@H](CC(N)=O)NC(=O)[C@H](Cc1c[nH]c2ccccc12)NC(=O)c1ccccc1. The molecule has 0 aliphatic carbocycles. The third-order valence-corrected chi connectivity index (χ3v) is 4.96. The number of amides is 3. The molecule has 2 aromatic carbocycles. The molecule has 1 heterocycles. The highest BCUT2D eigenvalue weighted by Gasteiger charge is 2.29. The Balaban J connectivity index is 1.86. The summed E-state index contributed by atoms with van der Waals surface area (Å²) in [6.07, 6.45) is 1.49. The number of hydrogen-bond donors (Lipinski definition) is 4. The topological polar surface area (TPSA) is 143 Å². The lowest BCUT2D eigenvalue weighted by Crippen LogP contribution is -2.53.